The molecule has 0 amide bonds. The molecule has 6 nitrogen and oxygen atoms in total. The Morgan fingerprint density at radius 3 is 2.75 bits per heavy atom. The van der Waals surface area contributed by atoms with Crippen LogP contribution in [0.4, 0.5) is 5.82 Å². The maximum atomic E-state index is 12.8. The van der Waals surface area contributed by atoms with Crippen molar-refractivity contribution in [1.82, 2.24) is 14.3 Å². The van der Waals surface area contributed by atoms with Gasteiger partial charge in [-0.3, -0.25) is 0 Å². The first-order valence-electron chi connectivity index (χ1n) is 9.58. The molecule has 4 heterocycles. The molecule has 28 heavy (non-hydrogen) atoms. The molecule has 0 radical (unpaired) electrons. The third-order valence-electron chi connectivity index (χ3n) is 5.70. The van der Waals surface area contributed by atoms with Crippen molar-refractivity contribution < 1.29 is 8.42 Å². The fourth-order valence-corrected chi connectivity index (χ4v) is 8.09. The lowest BCUT2D eigenvalue weighted by molar-refractivity contribution is 0.385. The van der Waals surface area contributed by atoms with Crippen LogP contribution in [0.5, 0.6) is 0 Å². The van der Waals surface area contributed by atoms with Gasteiger partial charge in [0.25, 0.3) is 10.0 Å². The number of nitrogens with zero attached hydrogens (tertiary/aromatic N) is 4. The number of rotatable bonds is 3. The number of fused-ring (bicyclic) bond motifs is 3. The standard InChI is InChI=1S/C19H22N4O2S3/c1-13-4-5-14-15(11-13)27-19-17(14)18(20-12-21-19)22-6-8-23(9-7-22)28(24,25)16-3-2-10-26-16/h2-3,10,12-13H,4-9,11H2,1H3. The van der Waals surface area contributed by atoms with Gasteiger partial charge in [-0.1, -0.05) is 13.0 Å². The summed E-state index contributed by atoms with van der Waals surface area (Å²) in [6.45, 7) is 4.58. The van der Waals surface area contributed by atoms with Crippen LogP contribution in [-0.2, 0) is 22.9 Å². The van der Waals surface area contributed by atoms with Crippen molar-refractivity contribution in [3.8, 4) is 0 Å². The van der Waals surface area contributed by atoms with E-state index in [0.717, 1.165) is 29.4 Å². The molecule has 0 saturated carbocycles. The molecule has 5 rings (SSSR count). The molecule has 148 valence electrons. The Morgan fingerprint density at radius 1 is 1.18 bits per heavy atom. The maximum absolute atomic E-state index is 12.8. The predicted molar refractivity (Wildman–Crippen MR) is 114 cm³/mol. The molecule has 1 atom stereocenters. The number of aryl methyl sites for hydroxylation is 1. The van der Waals surface area contributed by atoms with Crippen molar-refractivity contribution in [2.45, 2.75) is 30.4 Å². The number of sulfonamides is 1. The second-order valence-electron chi connectivity index (χ2n) is 7.55. The molecule has 1 aliphatic carbocycles. The van der Waals surface area contributed by atoms with E-state index in [0.29, 0.717) is 30.4 Å². The SMILES string of the molecule is CC1CCc2c(sc3ncnc(N4CCN(S(=O)(=O)c5cccs5)CC4)c23)C1. The van der Waals surface area contributed by atoms with Crippen LogP contribution in [-0.4, -0.2) is 48.9 Å². The molecule has 0 spiro atoms. The minimum absolute atomic E-state index is 0.423. The fraction of sp³-hybridized carbons (Fsp3) is 0.474. The van der Waals surface area contributed by atoms with Crippen molar-refractivity contribution >= 4 is 48.7 Å². The van der Waals surface area contributed by atoms with Crippen LogP contribution in [0, 0.1) is 5.92 Å². The first-order chi connectivity index (χ1) is 13.5. The van der Waals surface area contributed by atoms with Crippen LogP contribution < -0.4 is 4.90 Å². The summed E-state index contributed by atoms with van der Waals surface area (Å²) in [6.07, 6.45) is 5.07. The summed E-state index contributed by atoms with van der Waals surface area (Å²) in [6, 6.07) is 3.46. The molecular formula is C19H22N4O2S3. The number of hydrogen-bond donors (Lipinski definition) is 0. The number of piperazine rings is 1. The zero-order valence-electron chi connectivity index (χ0n) is 15.7. The van der Waals surface area contributed by atoms with E-state index < -0.39 is 10.0 Å². The first-order valence-corrected chi connectivity index (χ1v) is 12.7. The summed E-state index contributed by atoms with van der Waals surface area (Å²) >= 11 is 3.08. The van der Waals surface area contributed by atoms with Crippen molar-refractivity contribution in [3.05, 3.63) is 34.3 Å². The molecule has 1 saturated heterocycles. The lowest BCUT2D eigenvalue weighted by Gasteiger charge is -2.34. The van der Waals surface area contributed by atoms with Crippen molar-refractivity contribution in [1.29, 1.82) is 0 Å². The highest BCUT2D eigenvalue weighted by Crippen LogP contribution is 2.40. The van der Waals surface area contributed by atoms with Gasteiger partial charge in [0.2, 0.25) is 0 Å². The molecule has 0 aromatic carbocycles. The van der Waals surface area contributed by atoms with E-state index in [4.69, 9.17) is 0 Å². The number of aromatic nitrogens is 2. The van der Waals surface area contributed by atoms with Gasteiger partial charge in [-0.25, -0.2) is 18.4 Å². The van der Waals surface area contributed by atoms with Gasteiger partial charge >= 0.3 is 0 Å². The second-order valence-corrected chi connectivity index (χ2v) is 11.7. The summed E-state index contributed by atoms with van der Waals surface area (Å²) in [5, 5.41) is 3.00. The first kappa shape index (κ1) is 18.5. The molecule has 2 aliphatic rings. The highest BCUT2D eigenvalue weighted by Gasteiger charge is 2.31. The third-order valence-corrected chi connectivity index (χ3v) is 10.1. The topological polar surface area (TPSA) is 66.4 Å². The number of hydrogen-bond acceptors (Lipinski definition) is 7. The molecule has 0 N–H and O–H groups in total. The van der Waals surface area contributed by atoms with E-state index in [1.807, 2.05) is 0 Å². The van der Waals surface area contributed by atoms with Crippen molar-refractivity contribution in [2.75, 3.05) is 31.1 Å². The Kier molecular flexibility index (Phi) is 4.65. The predicted octanol–water partition coefficient (Wildman–Crippen LogP) is 3.39. The molecule has 0 bridgehead atoms. The average molecular weight is 435 g/mol. The monoisotopic (exact) mass is 434 g/mol. The highest BCUT2D eigenvalue weighted by molar-refractivity contribution is 7.91. The summed E-state index contributed by atoms with van der Waals surface area (Å²) in [5.74, 6) is 1.70. The van der Waals surface area contributed by atoms with Crippen LogP contribution >= 0.6 is 22.7 Å². The van der Waals surface area contributed by atoms with E-state index in [9.17, 15) is 8.42 Å². The lowest BCUT2D eigenvalue weighted by atomic mass is 9.89. The molecule has 1 unspecified atom stereocenters. The summed E-state index contributed by atoms with van der Waals surface area (Å²) < 4.78 is 27.6. The summed E-state index contributed by atoms with van der Waals surface area (Å²) in [7, 11) is -3.38. The van der Waals surface area contributed by atoms with E-state index in [1.165, 1.54) is 33.6 Å². The molecule has 3 aromatic rings. The van der Waals surface area contributed by atoms with E-state index in [1.54, 1.807) is 39.5 Å². The van der Waals surface area contributed by atoms with Gasteiger partial charge in [0.1, 0.15) is 21.2 Å². The molecule has 1 fully saturated rings. The van der Waals surface area contributed by atoms with E-state index in [2.05, 4.69) is 21.8 Å². The Balaban J connectivity index is 1.42. The van der Waals surface area contributed by atoms with Crippen LogP contribution in [0.3, 0.4) is 0 Å². The third kappa shape index (κ3) is 3.04. The van der Waals surface area contributed by atoms with Crippen LogP contribution in [0.1, 0.15) is 23.8 Å². The largest absolute Gasteiger partial charge is 0.353 e. The molecule has 9 heteroatoms. The van der Waals surface area contributed by atoms with Gasteiger partial charge in [0, 0.05) is 31.1 Å². The van der Waals surface area contributed by atoms with E-state index in [-0.39, 0.29) is 0 Å². The van der Waals surface area contributed by atoms with Gasteiger partial charge in [-0.2, -0.15) is 4.31 Å². The quantitative estimate of drug-likeness (QED) is 0.632. The van der Waals surface area contributed by atoms with Crippen molar-refractivity contribution in [3.63, 3.8) is 0 Å². The smallest absolute Gasteiger partial charge is 0.252 e. The molecule has 1 aliphatic heterocycles. The van der Waals surface area contributed by atoms with Crippen LogP contribution in [0.2, 0.25) is 0 Å². The maximum Gasteiger partial charge on any atom is 0.252 e. The number of anilines is 1. The van der Waals surface area contributed by atoms with Gasteiger partial charge in [-0.05, 0) is 42.2 Å². The van der Waals surface area contributed by atoms with Gasteiger partial charge in [0.05, 0.1) is 5.39 Å². The lowest BCUT2D eigenvalue weighted by Crippen LogP contribution is -2.48. The second kappa shape index (κ2) is 7.05. The Bertz CT molecular complexity index is 1100. The molecular weight excluding hydrogens is 412 g/mol. The highest BCUT2D eigenvalue weighted by atomic mass is 32.2. The molecule has 3 aromatic heterocycles. The minimum atomic E-state index is -3.38. The zero-order valence-corrected chi connectivity index (χ0v) is 18.1. The minimum Gasteiger partial charge on any atom is -0.353 e. The Morgan fingerprint density at radius 2 is 2.00 bits per heavy atom. The Hall–Kier alpha value is -1.55. The van der Waals surface area contributed by atoms with E-state index >= 15 is 0 Å². The summed E-state index contributed by atoms with van der Waals surface area (Å²) in [5.41, 5.74) is 1.42. The summed E-state index contributed by atoms with van der Waals surface area (Å²) in [4.78, 5) is 13.9. The van der Waals surface area contributed by atoms with Gasteiger partial charge in [-0.15, -0.1) is 22.7 Å². The van der Waals surface area contributed by atoms with Gasteiger partial charge in [0.15, 0.2) is 0 Å². The van der Waals surface area contributed by atoms with Crippen LogP contribution in [0.15, 0.2) is 28.0 Å². The van der Waals surface area contributed by atoms with Crippen LogP contribution in [0.25, 0.3) is 10.2 Å². The number of thiophene rings is 2. The van der Waals surface area contributed by atoms with Gasteiger partial charge < -0.3 is 4.90 Å². The average Bonchev–Trinajstić information content (AvgIpc) is 3.35. The normalized spacial score (nSPS) is 21.2. The fourth-order valence-electron chi connectivity index (χ4n) is 4.18. The van der Waals surface area contributed by atoms with Crippen molar-refractivity contribution in [2.24, 2.45) is 5.92 Å². The zero-order chi connectivity index (χ0) is 19.3. The Labute approximate surface area is 172 Å².